The molecule has 0 amide bonds. The Morgan fingerprint density at radius 3 is 2.79 bits per heavy atom. The first-order valence-electron chi connectivity index (χ1n) is 10.1. The summed E-state index contributed by atoms with van der Waals surface area (Å²) in [6, 6.07) is 9.23. The maximum absolute atomic E-state index is 6.05. The standard InChI is InChI=1S/C21H34N4O2.HI/c1-17-6-4-5-7-19(17)20-16-25(13-15-27-20)21(22-2)23-10-11-24(12-14-26-3)18-8-9-18;/h4-7,18,20H,8-16H2,1-3H3,(H,22,23);1H. The first-order valence-corrected chi connectivity index (χ1v) is 10.1. The monoisotopic (exact) mass is 502 g/mol. The SMILES string of the molecule is CN=C(NCCN(CCOC)C1CC1)N1CCOC(c2ccccc2C)C1.I. The fourth-order valence-corrected chi connectivity index (χ4v) is 3.75. The van der Waals surface area contributed by atoms with Gasteiger partial charge in [-0.2, -0.15) is 0 Å². The second kappa shape index (κ2) is 11.9. The van der Waals surface area contributed by atoms with Crippen molar-refractivity contribution in [1.29, 1.82) is 0 Å². The number of methoxy groups -OCH3 is 1. The van der Waals surface area contributed by atoms with Gasteiger partial charge in [-0.1, -0.05) is 24.3 Å². The maximum atomic E-state index is 6.05. The lowest BCUT2D eigenvalue weighted by atomic mass is 10.0. The van der Waals surface area contributed by atoms with Crippen molar-refractivity contribution >= 4 is 29.9 Å². The Labute approximate surface area is 186 Å². The molecule has 1 N–H and O–H groups in total. The number of hydrogen-bond donors (Lipinski definition) is 1. The molecule has 7 heteroatoms. The molecule has 1 saturated heterocycles. The highest BCUT2D eigenvalue weighted by Crippen LogP contribution is 2.26. The van der Waals surface area contributed by atoms with Gasteiger partial charge in [0.15, 0.2) is 5.96 Å². The van der Waals surface area contributed by atoms with E-state index >= 15 is 0 Å². The van der Waals surface area contributed by atoms with Gasteiger partial charge in [0.2, 0.25) is 0 Å². The number of ether oxygens (including phenoxy) is 2. The van der Waals surface area contributed by atoms with E-state index in [0.29, 0.717) is 0 Å². The maximum Gasteiger partial charge on any atom is 0.193 e. The highest BCUT2D eigenvalue weighted by molar-refractivity contribution is 14.0. The highest BCUT2D eigenvalue weighted by Gasteiger charge is 2.29. The second-order valence-electron chi connectivity index (χ2n) is 7.40. The van der Waals surface area contributed by atoms with Crippen molar-refractivity contribution < 1.29 is 9.47 Å². The first-order chi connectivity index (χ1) is 13.2. The number of nitrogens with zero attached hydrogens (tertiary/aromatic N) is 3. The van der Waals surface area contributed by atoms with Crippen molar-refractivity contribution in [2.75, 3.05) is 60.1 Å². The van der Waals surface area contributed by atoms with Gasteiger partial charge in [-0.15, -0.1) is 24.0 Å². The van der Waals surface area contributed by atoms with Crippen LogP contribution in [-0.4, -0.2) is 81.9 Å². The van der Waals surface area contributed by atoms with Crippen LogP contribution in [0.4, 0.5) is 0 Å². The molecule has 0 radical (unpaired) electrons. The largest absolute Gasteiger partial charge is 0.383 e. The molecule has 1 heterocycles. The molecular formula is C21H35IN4O2. The summed E-state index contributed by atoms with van der Waals surface area (Å²) in [6.07, 6.45) is 2.74. The number of nitrogens with one attached hydrogen (secondary N) is 1. The van der Waals surface area contributed by atoms with E-state index in [4.69, 9.17) is 9.47 Å². The number of halogens is 1. The molecule has 1 aromatic rings. The van der Waals surface area contributed by atoms with Gasteiger partial charge in [0, 0.05) is 46.4 Å². The van der Waals surface area contributed by atoms with Gasteiger partial charge in [-0.05, 0) is 30.9 Å². The molecule has 1 unspecified atom stereocenters. The molecule has 1 aromatic carbocycles. The van der Waals surface area contributed by atoms with Crippen molar-refractivity contribution in [3.05, 3.63) is 35.4 Å². The highest BCUT2D eigenvalue weighted by atomic mass is 127. The van der Waals surface area contributed by atoms with Gasteiger partial charge in [0.25, 0.3) is 0 Å². The van der Waals surface area contributed by atoms with Crippen LogP contribution in [0.2, 0.25) is 0 Å². The molecule has 158 valence electrons. The number of rotatable bonds is 8. The fraction of sp³-hybridized carbons (Fsp3) is 0.667. The summed E-state index contributed by atoms with van der Waals surface area (Å²) < 4.78 is 11.3. The van der Waals surface area contributed by atoms with Crippen LogP contribution in [0.3, 0.4) is 0 Å². The average Bonchev–Trinajstić information content (AvgIpc) is 3.53. The molecule has 1 aliphatic heterocycles. The van der Waals surface area contributed by atoms with E-state index in [0.717, 1.165) is 57.9 Å². The Balaban J connectivity index is 0.00000280. The average molecular weight is 502 g/mol. The number of aryl methyl sites for hydroxylation is 1. The molecule has 2 aliphatic rings. The molecular weight excluding hydrogens is 467 g/mol. The van der Waals surface area contributed by atoms with Crippen LogP contribution in [0.25, 0.3) is 0 Å². The van der Waals surface area contributed by atoms with Gasteiger partial charge >= 0.3 is 0 Å². The Morgan fingerprint density at radius 1 is 1.32 bits per heavy atom. The lowest BCUT2D eigenvalue weighted by Crippen LogP contribution is -2.49. The zero-order valence-corrected chi connectivity index (χ0v) is 19.7. The minimum Gasteiger partial charge on any atom is -0.383 e. The molecule has 1 saturated carbocycles. The van der Waals surface area contributed by atoms with Crippen molar-refractivity contribution in [2.24, 2.45) is 4.99 Å². The van der Waals surface area contributed by atoms with Crippen molar-refractivity contribution in [3.8, 4) is 0 Å². The molecule has 2 fully saturated rings. The Hall–Kier alpha value is -0.900. The predicted octanol–water partition coefficient (Wildman–Crippen LogP) is 2.67. The summed E-state index contributed by atoms with van der Waals surface area (Å²) in [5.74, 6) is 0.972. The van der Waals surface area contributed by atoms with E-state index < -0.39 is 0 Å². The van der Waals surface area contributed by atoms with Crippen molar-refractivity contribution in [3.63, 3.8) is 0 Å². The van der Waals surface area contributed by atoms with Gasteiger partial charge in [0.05, 0.1) is 19.8 Å². The Morgan fingerprint density at radius 2 is 2.11 bits per heavy atom. The van der Waals surface area contributed by atoms with E-state index in [2.05, 4.69) is 51.3 Å². The third-order valence-electron chi connectivity index (χ3n) is 5.44. The summed E-state index contributed by atoms with van der Waals surface area (Å²) in [7, 11) is 3.64. The second-order valence-corrected chi connectivity index (χ2v) is 7.40. The number of hydrogen-bond acceptors (Lipinski definition) is 4. The Kier molecular flexibility index (Phi) is 9.98. The van der Waals surface area contributed by atoms with Gasteiger partial charge in [-0.25, -0.2) is 0 Å². The van der Waals surface area contributed by atoms with Crippen LogP contribution < -0.4 is 5.32 Å². The predicted molar refractivity (Wildman–Crippen MR) is 125 cm³/mol. The van der Waals surface area contributed by atoms with Gasteiger partial charge in [0.1, 0.15) is 6.10 Å². The first kappa shape index (κ1) is 23.4. The third kappa shape index (κ3) is 6.57. The Bertz CT molecular complexity index is 624. The van der Waals surface area contributed by atoms with E-state index in [9.17, 15) is 0 Å². The zero-order valence-electron chi connectivity index (χ0n) is 17.4. The molecule has 28 heavy (non-hydrogen) atoms. The van der Waals surface area contributed by atoms with Gasteiger partial charge in [-0.3, -0.25) is 9.89 Å². The smallest absolute Gasteiger partial charge is 0.193 e. The summed E-state index contributed by atoms with van der Waals surface area (Å²) >= 11 is 0. The fourth-order valence-electron chi connectivity index (χ4n) is 3.75. The minimum atomic E-state index is 0. The lowest BCUT2D eigenvalue weighted by molar-refractivity contribution is -0.00834. The van der Waals surface area contributed by atoms with E-state index in [1.807, 2.05) is 7.05 Å². The van der Waals surface area contributed by atoms with Gasteiger partial charge < -0.3 is 19.7 Å². The van der Waals surface area contributed by atoms with Crippen LogP contribution in [0.1, 0.15) is 30.1 Å². The van der Waals surface area contributed by atoms with Crippen molar-refractivity contribution in [1.82, 2.24) is 15.1 Å². The van der Waals surface area contributed by atoms with Crippen LogP contribution in [0.5, 0.6) is 0 Å². The van der Waals surface area contributed by atoms with Crippen LogP contribution in [-0.2, 0) is 9.47 Å². The number of benzene rings is 1. The minimum absolute atomic E-state index is 0. The molecule has 1 aliphatic carbocycles. The summed E-state index contributed by atoms with van der Waals surface area (Å²) in [6.45, 7) is 8.32. The van der Waals surface area contributed by atoms with Crippen LogP contribution >= 0.6 is 24.0 Å². The quantitative estimate of drug-likeness (QED) is 0.337. The lowest BCUT2D eigenvalue weighted by Gasteiger charge is -2.36. The van der Waals surface area contributed by atoms with Crippen molar-refractivity contribution in [2.45, 2.75) is 31.9 Å². The van der Waals surface area contributed by atoms with Crippen LogP contribution in [0.15, 0.2) is 29.3 Å². The third-order valence-corrected chi connectivity index (χ3v) is 5.44. The normalized spacial score (nSPS) is 20.2. The number of aliphatic imine (C=N–C) groups is 1. The number of guanidine groups is 1. The summed E-state index contributed by atoms with van der Waals surface area (Å²) in [5.41, 5.74) is 2.56. The van der Waals surface area contributed by atoms with E-state index in [1.54, 1.807) is 7.11 Å². The van der Waals surface area contributed by atoms with E-state index in [-0.39, 0.29) is 30.1 Å². The molecule has 1 atom stereocenters. The summed E-state index contributed by atoms with van der Waals surface area (Å²) in [5, 5.41) is 3.55. The molecule has 0 spiro atoms. The molecule has 3 rings (SSSR count). The van der Waals surface area contributed by atoms with Crippen LogP contribution in [0, 0.1) is 6.92 Å². The molecule has 6 nitrogen and oxygen atoms in total. The number of morpholine rings is 1. The molecule has 0 bridgehead atoms. The topological polar surface area (TPSA) is 49.3 Å². The molecule has 0 aromatic heterocycles. The summed E-state index contributed by atoms with van der Waals surface area (Å²) in [4.78, 5) is 9.36. The van der Waals surface area contributed by atoms with E-state index in [1.165, 1.54) is 24.0 Å². The zero-order chi connectivity index (χ0) is 19.1.